The highest BCUT2D eigenvalue weighted by Crippen LogP contribution is 2.27. The Kier molecular flexibility index (Phi) is 4.29. The van der Waals surface area contributed by atoms with Crippen molar-refractivity contribution in [2.75, 3.05) is 6.54 Å². The Bertz CT molecular complexity index is 574. The van der Waals surface area contributed by atoms with Crippen molar-refractivity contribution in [1.82, 2.24) is 5.32 Å². The van der Waals surface area contributed by atoms with E-state index in [0.29, 0.717) is 12.3 Å². The number of hydrogen-bond donors (Lipinski definition) is 1. The number of amides is 1. The molecule has 3 rings (SSSR count). The van der Waals surface area contributed by atoms with Gasteiger partial charge in [-0.3, -0.25) is 9.59 Å². The number of carbonyl (C=O) groups excluding carboxylic acids is 2. The summed E-state index contributed by atoms with van der Waals surface area (Å²) in [6.07, 6.45) is 6.10. The van der Waals surface area contributed by atoms with E-state index in [-0.39, 0.29) is 17.1 Å². The number of ether oxygens (including phenoxy) is 1. The monoisotopic (exact) mass is 303 g/mol. The molecule has 0 aromatic heterocycles. The molecule has 0 atom stereocenters. The van der Waals surface area contributed by atoms with Crippen LogP contribution in [0.15, 0.2) is 29.2 Å². The summed E-state index contributed by atoms with van der Waals surface area (Å²) in [7, 11) is 0. The van der Waals surface area contributed by atoms with E-state index in [1.165, 1.54) is 11.8 Å². The van der Waals surface area contributed by atoms with Crippen LogP contribution in [0.5, 0.6) is 5.75 Å². The third-order valence-electron chi connectivity index (χ3n) is 3.75. The molecule has 1 saturated carbocycles. The minimum absolute atomic E-state index is 0.0108. The number of nitrogens with one attached hydrogen (secondary N) is 1. The van der Waals surface area contributed by atoms with Crippen molar-refractivity contribution in [3.8, 4) is 5.75 Å². The first-order valence-electron chi connectivity index (χ1n) is 7.19. The van der Waals surface area contributed by atoms with E-state index in [0.717, 1.165) is 36.2 Å². The molecule has 1 aliphatic heterocycles. The summed E-state index contributed by atoms with van der Waals surface area (Å²) in [5.74, 6) is 0.542. The standard InChI is InChI=1S/C16H17NO3S/c18-15(12-3-1-2-4-12)20-13-7-5-11(6-8-13)9-14-10-17-16(19)21-14/h5-9,12H,1-4,10H2,(H,17,19)/b14-9-. The quantitative estimate of drug-likeness (QED) is 0.685. The number of benzene rings is 1. The summed E-state index contributed by atoms with van der Waals surface area (Å²) < 4.78 is 5.41. The summed E-state index contributed by atoms with van der Waals surface area (Å²) in [5.41, 5.74) is 0.995. The van der Waals surface area contributed by atoms with E-state index in [2.05, 4.69) is 5.32 Å². The maximum absolute atomic E-state index is 11.9. The van der Waals surface area contributed by atoms with Gasteiger partial charge in [0.15, 0.2) is 0 Å². The van der Waals surface area contributed by atoms with Gasteiger partial charge >= 0.3 is 5.97 Å². The second kappa shape index (κ2) is 6.35. The van der Waals surface area contributed by atoms with E-state index in [9.17, 15) is 9.59 Å². The minimum Gasteiger partial charge on any atom is -0.426 e. The molecule has 0 unspecified atom stereocenters. The normalized spacial score (nSPS) is 20.8. The van der Waals surface area contributed by atoms with Crippen LogP contribution < -0.4 is 10.1 Å². The number of hydrogen-bond acceptors (Lipinski definition) is 4. The lowest BCUT2D eigenvalue weighted by molar-refractivity contribution is -0.138. The zero-order valence-corrected chi connectivity index (χ0v) is 12.4. The van der Waals surface area contributed by atoms with Crippen molar-refractivity contribution < 1.29 is 14.3 Å². The van der Waals surface area contributed by atoms with Gasteiger partial charge in [-0.25, -0.2) is 0 Å². The lowest BCUT2D eigenvalue weighted by atomic mass is 10.1. The van der Waals surface area contributed by atoms with Crippen molar-refractivity contribution in [3.63, 3.8) is 0 Å². The first-order valence-corrected chi connectivity index (χ1v) is 8.00. The molecule has 0 spiro atoms. The van der Waals surface area contributed by atoms with Crippen LogP contribution in [-0.2, 0) is 4.79 Å². The Morgan fingerprint density at radius 1 is 1.24 bits per heavy atom. The maximum Gasteiger partial charge on any atom is 0.314 e. The molecule has 1 saturated heterocycles. The largest absolute Gasteiger partial charge is 0.426 e. The molecule has 1 amide bonds. The third-order valence-corrected chi connectivity index (χ3v) is 4.60. The predicted octanol–water partition coefficient (Wildman–Crippen LogP) is 3.58. The van der Waals surface area contributed by atoms with Gasteiger partial charge in [-0.05, 0) is 48.4 Å². The molecule has 0 radical (unpaired) electrons. The molecular formula is C16H17NO3S. The van der Waals surface area contributed by atoms with E-state index >= 15 is 0 Å². The molecule has 110 valence electrons. The number of thioether (sulfide) groups is 1. The molecule has 2 aliphatic rings. The van der Waals surface area contributed by atoms with Crippen LogP contribution >= 0.6 is 11.8 Å². The molecule has 4 nitrogen and oxygen atoms in total. The van der Waals surface area contributed by atoms with Crippen molar-refractivity contribution in [2.24, 2.45) is 5.92 Å². The Balaban J connectivity index is 1.61. The van der Waals surface area contributed by atoms with Crippen LogP contribution in [0.1, 0.15) is 31.2 Å². The summed E-state index contributed by atoms with van der Waals surface area (Å²) in [6, 6.07) is 7.39. The molecule has 1 aliphatic carbocycles. The van der Waals surface area contributed by atoms with Crippen molar-refractivity contribution >= 4 is 29.0 Å². The van der Waals surface area contributed by atoms with Gasteiger partial charge in [0.1, 0.15) is 5.75 Å². The summed E-state index contributed by atoms with van der Waals surface area (Å²) >= 11 is 1.22. The molecule has 1 aromatic carbocycles. The van der Waals surface area contributed by atoms with Gasteiger partial charge in [0.05, 0.1) is 12.5 Å². The summed E-state index contributed by atoms with van der Waals surface area (Å²) in [5, 5.41) is 2.73. The number of carbonyl (C=O) groups is 2. The van der Waals surface area contributed by atoms with E-state index < -0.39 is 0 Å². The SMILES string of the molecule is O=C1NC/C(=C/c2ccc(OC(=O)C3CCCC3)cc2)S1. The summed E-state index contributed by atoms with van der Waals surface area (Å²) in [6.45, 7) is 0.585. The van der Waals surface area contributed by atoms with Crippen molar-refractivity contribution in [2.45, 2.75) is 25.7 Å². The average Bonchev–Trinajstić information content (AvgIpc) is 3.13. The third kappa shape index (κ3) is 3.67. The van der Waals surface area contributed by atoms with Gasteiger partial charge in [0.2, 0.25) is 0 Å². The topological polar surface area (TPSA) is 55.4 Å². The first kappa shape index (κ1) is 14.2. The second-order valence-electron chi connectivity index (χ2n) is 5.33. The highest BCUT2D eigenvalue weighted by Gasteiger charge is 2.24. The highest BCUT2D eigenvalue weighted by atomic mass is 32.2. The van der Waals surface area contributed by atoms with Gasteiger partial charge in [-0.2, -0.15) is 0 Å². The van der Waals surface area contributed by atoms with Crippen LogP contribution in [0.2, 0.25) is 0 Å². The Labute approximate surface area is 127 Å². The van der Waals surface area contributed by atoms with Crippen LogP contribution in [0.3, 0.4) is 0 Å². The second-order valence-corrected chi connectivity index (χ2v) is 6.42. The van der Waals surface area contributed by atoms with E-state index in [4.69, 9.17) is 4.74 Å². The first-order chi connectivity index (χ1) is 10.2. The Hall–Kier alpha value is -1.75. The Morgan fingerprint density at radius 2 is 1.95 bits per heavy atom. The van der Waals surface area contributed by atoms with Gasteiger partial charge < -0.3 is 10.1 Å². The molecular weight excluding hydrogens is 286 g/mol. The Morgan fingerprint density at radius 3 is 2.57 bits per heavy atom. The fourth-order valence-corrected chi connectivity index (χ4v) is 3.33. The molecule has 1 aromatic rings. The lowest BCUT2D eigenvalue weighted by Gasteiger charge is -2.09. The van der Waals surface area contributed by atoms with Crippen LogP contribution in [0, 0.1) is 5.92 Å². The van der Waals surface area contributed by atoms with Crippen LogP contribution in [0.25, 0.3) is 6.08 Å². The average molecular weight is 303 g/mol. The highest BCUT2D eigenvalue weighted by molar-refractivity contribution is 8.17. The zero-order valence-electron chi connectivity index (χ0n) is 11.6. The molecule has 1 heterocycles. The molecule has 0 bridgehead atoms. The van der Waals surface area contributed by atoms with Gasteiger partial charge in [-0.1, -0.05) is 25.0 Å². The maximum atomic E-state index is 11.9. The van der Waals surface area contributed by atoms with E-state index in [1.54, 1.807) is 12.1 Å². The lowest BCUT2D eigenvalue weighted by Crippen LogP contribution is -2.17. The van der Waals surface area contributed by atoms with E-state index in [1.807, 2.05) is 18.2 Å². The minimum atomic E-state index is -0.111. The van der Waals surface area contributed by atoms with Gasteiger partial charge in [0, 0.05) is 4.91 Å². The molecule has 1 N–H and O–H groups in total. The van der Waals surface area contributed by atoms with Crippen molar-refractivity contribution in [1.29, 1.82) is 0 Å². The molecule has 2 fully saturated rings. The fourth-order valence-electron chi connectivity index (χ4n) is 2.61. The zero-order chi connectivity index (χ0) is 14.7. The molecule has 21 heavy (non-hydrogen) atoms. The number of esters is 1. The van der Waals surface area contributed by atoms with Crippen LogP contribution in [0.4, 0.5) is 4.79 Å². The fraction of sp³-hybridized carbons (Fsp3) is 0.375. The predicted molar refractivity (Wildman–Crippen MR) is 83.0 cm³/mol. The smallest absolute Gasteiger partial charge is 0.314 e. The number of rotatable bonds is 3. The van der Waals surface area contributed by atoms with Gasteiger partial charge in [-0.15, -0.1) is 0 Å². The van der Waals surface area contributed by atoms with Gasteiger partial charge in [0.25, 0.3) is 5.24 Å². The van der Waals surface area contributed by atoms with Crippen molar-refractivity contribution in [3.05, 3.63) is 34.7 Å². The summed E-state index contributed by atoms with van der Waals surface area (Å²) in [4.78, 5) is 24.0. The molecule has 5 heteroatoms. The van der Waals surface area contributed by atoms with Crippen LogP contribution in [-0.4, -0.2) is 17.8 Å².